The minimum absolute atomic E-state index is 0.0990. The third-order valence-electron chi connectivity index (χ3n) is 6.89. The molecule has 1 aliphatic rings. The molecule has 11 heteroatoms. The number of hydrogen-bond donors (Lipinski definition) is 0. The summed E-state index contributed by atoms with van der Waals surface area (Å²) in [5, 5.41) is 12.1. The SMILES string of the molecule is CS(=O)C1CCN(Cc2ccc(-c3cc4c(C=O)c([N+](=O)[O-])cnc4n3S(=O)c3ccccc3)cc2)CC1. The molecular formula is C27H26N4O5S2. The van der Waals surface area contributed by atoms with Gasteiger partial charge in [-0.05, 0) is 55.3 Å². The number of piperidine rings is 1. The van der Waals surface area contributed by atoms with Crippen LogP contribution in [0.5, 0.6) is 0 Å². The molecule has 0 aliphatic carbocycles. The highest BCUT2D eigenvalue weighted by atomic mass is 32.2. The number of carbonyl (C=O) groups excluding carboxylic acids is 1. The Labute approximate surface area is 224 Å². The van der Waals surface area contributed by atoms with Gasteiger partial charge >= 0.3 is 0 Å². The van der Waals surface area contributed by atoms with Crippen molar-refractivity contribution in [2.75, 3.05) is 19.3 Å². The van der Waals surface area contributed by atoms with Gasteiger partial charge in [-0.1, -0.05) is 42.5 Å². The highest BCUT2D eigenvalue weighted by Gasteiger charge is 2.25. The normalized spacial score (nSPS) is 16.3. The van der Waals surface area contributed by atoms with Crippen LogP contribution in [0.1, 0.15) is 28.8 Å². The predicted octanol–water partition coefficient (Wildman–Crippen LogP) is 4.34. The van der Waals surface area contributed by atoms with Crippen LogP contribution in [0.2, 0.25) is 0 Å². The molecule has 1 fully saturated rings. The molecule has 0 amide bonds. The van der Waals surface area contributed by atoms with E-state index in [1.165, 1.54) is 3.97 Å². The molecule has 0 N–H and O–H groups in total. The molecule has 0 spiro atoms. The number of nitrogens with zero attached hydrogens (tertiary/aromatic N) is 4. The molecule has 0 bridgehead atoms. The van der Waals surface area contributed by atoms with Gasteiger partial charge in [0.1, 0.15) is 11.8 Å². The lowest BCUT2D eigenvalue weighted by atomic mass is 10.1. The Kier molecular flexibility index (Phi) is 7.59. The Bertz CT molecular complexity index is 1550. The Morgan fingerprint density at radius 3 is 2.37 bits per heavy atom. The van der Waals surface area contributed by atoms with Gasteiger partial charge in [-0.25, -0.2) is 13.2 Å². The summed E-state index contributed by atoms with van der Waals surface area (Å²) >= 11 is 0. The van der Waals surface area contributed by atoms with E-state index in [4.69, 9.17) is 0 Å². The maximum Gasteiger partial charge on any atom is 0.298 e. The molecule has 196 valence electrons. The Morgan fingerprint density at radius 1 is 1.08 bits per heavy atom. The molecule has 38 heavy (non-hydrogen) atoms. The summed E-state index contributed by atoms with van der Waals surface area (Å²) in [7, 11) is -2.50. The first-order valence-corrected chi connectivity index (χ1v) is 14.9. The first kappa shape index (κ1) is 26.1. The molecule has 2 atom stereocenters. The lowest BCUT2D eigenvalue weighted by Gasteiger charge is -2.30. The maximum absolute atomic E-state index is 13.7. The number of nitro groups is 1. The summed E-state index contributed by atoms with van der Waals surface area (Å²) in [6, 6.07) is 18.3. The van der Waals surface area contributed by atoms with Crippen LogP contribution in [0, 0.1) is 10.1 Å². The summed E-state index contributed by atoms with van der Waals surface area (Å²) < 4.78 is 27.0. The number of fused-ring (bicyclic) bond motifs is 1. The smallest absolute Gasteiger partial charge is 0.298 e. The molecule has 3 heterocycles. The average Bonchev–Trinajstić information content (AvgIpc) is 3.33. The van der Waals surface area contributed by atoms with Gasteiger partial charge < -0.3 is 0 Å². The Hall–Kier alpha value is -3.54. The van der Waals surface area contributed by atoms with Gasteiger partial charge in [0.25, 0.3) is 5.69 Å². The second-order valence-corrected chi connectivity index (χ2v) is 12.2. The van der Waals surface area contributed by atoms with Crippen molar-refractivity contribution < 1.29 is 18.1 Å². The molecule has 9 nitrogen and oxygen atoms in total. The van der Waals surface area contributed by atoms with Gasteiger partial charge in [-0.3, -0.25) is 24.0 Å². The zero-order chi connectivity index (χ0) is 26.8. The minimum atomic E-state index is -1.71. The molecule has 0 radical (unpaired) electrons. The van der Waals surface area contributed by atoms with Crippen LogP contribution in [-0.2, 0) is 28.3 Å². The van der Waals surface area contributed by atoms with E-state index in [1.54, 1.807) is 36.6 Å². The van der Waals surface area contributed by atoms with E-state index in [-0.39, 0.29) is 21.8 Å². The van der Waals surface area contributed by atoms with Gasteiger partial charge in [0.2, 0.25) is 0 Å². The first-order chi connectivity index (χ1) is 18.4. The van der Waals surface area contributed by atoms with Crippen LogP contribution >= 0.6 is 0 Å². The van der Waals surface area contributed by atoms with Gasteiger partial charge in [0.05, 0.1) is 15.5 Å². The van der Waals surface area contributed by atoms with Gasteiger partial charge in [-0.2, -0.15) is 0 Å². The van der Waals surface area contributed by atoms with Crippen LogP contribution in [0.25, 0.3) is 22.3 Å². The predicted molar refractivity (Wildman–Crippen MR) is 148 cm³/mol. The summed E-state index contributed by atoms with van der Waals surface area (Å²) in [5.41, 5.74) is 2.13. The van der Waals surface area contributed by atoms with Gasteiger partial charge in [-0.15, -0.1) is 0 Å². The van der Waals surface area contributed by atoms with Crippen LogP contribution in [-0.4, -0.2) is 58.1 Å². The largest absolute Gasteiger partial charge is 0.299 e. The minimum Gasteiger partial charge on any atom is -0.299 e. The fraction of sp³-hybridized carbons (Fsp3) is 0.259. The van der Waals surface area contributed by atoms with Gasteiger partial charge in [0, 0.05) is 34.2 Å². The van der Waals surface area contributed by atoms with Crippen molar-refractivity contribution in [1.29, 1.82) is 0 Å². The fourth-order valence-electron chi connectivity index (χ4n) is 4.85. The first-order valence-electron chi connectivity index (χ1n) is 12.1. The van der Waals surface area contributed by atoms with E-state index in [1.807, 2.05) is 30.3 Å². The second-order valence-electron chi connectivity index (χ2n) is 9.23. The molecule has 1 saturated heterocycles. The van der Waals surface area contributed by atoms with E-state index < -0.39 is 32.4 Å². The number of aromatic nitrogens is 2. The number of carbonyl (C=O) groups is 1. The fourth-order valence-corrected chi connectivity index (χ4v) is 6.97. The molecule has 0 saturated carbocycles. The Balaban J connectivity index is 1.53. The topological polar surface area (TPSA) is 115 Å². The highest BCUT2D eigenvalue weighted by molar-refractivity contribution is 7.84. The third-order valence-corrected chi connectivity index (χ3v) is 9.68. The molecule has 2 aromatic carbocycles. The number of pyridine rings is 1. The monoisotopic (exact) mass is 550 g/mol. The quantitative estimate of drug-likeness (QED) is 0.182. The zero-order valence-corrected chi connectivity index (χ0v) is 22.3. The van der Waals surface area contributed by atoms with Crippen molar-refractivity contribution in [3.05, 3.63) is 88.1 Å². The van der Waals surface area contributed by atoms with Crippen LogP contribution in [0.4, 0.5) is 5.69 Å². The third kappa shape index (κ3) is 5.09. The number of rotatable bonds is 8. The summed E-state index contributed by atoms with van der Waals surface area (Å²) in [6.45, 7) is 2.57. The van der Waals surface area contributed by atoms with Crippen molar-refractivity contribution in [2.24, 2.45) is 0 Å². The summed E-state index contributed by atoms with van der Waals surface area (Å²) in [5.74, 6) is 0. The number of benzene rings is 2. The lowest BCUT2D eigenvalue weighted by Crippen LogP contribution is -2.36. The van der Waals surface area contributed by atoms with Crippen LogP contribution < -0.4 is 0 Å². The van der Waals surface area contributed by atoms with Crippen LogP contribution in [0.3, 0.4) is 0 Å². The van der Waals surface area contributed by atoms with E-state index in [0.717, 1.165) is 49.8 Å². The second kappa shape index (κ2) is 11.1. The average molecular weight is 551 g/mol. The highest BCUT2D eigenvalue weighted by Crippen LogP contribution is 2.34. The van der Waals surface area contributed by atoms with Crippen molar-refractivity contribution in [3.8, 4) is 11.3 Å². The van der Waals surface area contributed by atoms with Crippen molar-refractivity contribution in [3.63, 3.8) is 0 Å². The number of hydrogen-bond acceptors (Lipinski definition) is 7. The maximum atomic E-state index is 13.7. The number of aldehydes is 1. The lowest BCUT2D eigenvalue weighted by molar-refractivity contribution is -0.385. The molecular weight excluding hydrogens is 524 g/mol. The molecule has 2 aromatic heterocycles. The zero-order valence-electron chi connectivity index (χ0n) is 20.7. The molecule has 4 aromatic rings. The van der Waals surface area contributed by atoms with Crippen molar-refractivity contribution in [1.82, 2.24) is 13.9 Å². The number of likely N-dealkylation sites (tertiary alicyclic amines) is 1. The van der Waals surface area contributed by atoms with Gasteiger partial charge in [0.15, 0.2) is 22.9 Å². The summed E-state index contributed by atoms with van der Waals surface area (Å²) in [4.78, 5) is 29.9. The van der Waals surface area contributed by atoms with E-state index in [0.29, 0.717) is 16.9 Å². The molecule has 5 rings (SSSR count). The molecule has 1 aliphatic heterocycles. The summed E-state index contributed by atoms with van der Waals surface area (Å²) in [6.07, 6.45) is 5.10. The van der Waals surface area contributed by atoms with Crippen molar-refractivity contribution in [2.45, 2.75) is 29.5 Å². The van der Waals surface area contributed by atoms with Crippen molar-refractivity contribution >= 4 is 44.8 Å². The van der Waals surface area contributed by atoms with Crippen LogP contribution in [0.15, 0.2) is 71.8 Å². The van der Waals surface area contributed by atoms with E-state index in [2.05, 4.69) is 9.88 Å². The van der Waals surface area contributed by atoms with E-state index >= 15 is 0 Å². The molecule has 2 unspecified atom stereocenters. The standard InChI is InChI=1S/C27H26N4O5S2/c1-37(35)21-11-13-29(14-12-21)17-19-7-9-20(10-8-19)25-15-23-24(18-32)26(31(33)34)16-28-27(23)30(25)38(36)22-5-3-2-4-6-22/h2-10,15-16,18,21H,11-14,17H2,1H3. The Morgan fingerprint density at radius 2 is 1.76 bits per heavy atom. The van der Waals surface area contributed by atoms with E-state index in [9.17, 15) is 23.3 Å².